The number of ether oxygens (including phenoxy) is 1. The Morgan fingerprint density at radius 3 is 3.10 bits per heavy atom. The van der Waals surface area contributed by atoms with E-state index in [9.17, 15) is 4.79 Å². The van der Waals surface area contributed by atoms with Gasteiger partial charge in [-0.15, -0.1) is 0 Å². The number of carbonyl (C=O) groups excluding carboxylic acids is 1. The van der Waals surface area contributed by atoms with Crippen LogP contribution in [0.5, 0.6) is 5.75 Å². The first-order valence-corrected chi connectivity index (χ1v) is 9.34. The predicted octanol–water partition coefficient (Wildman–Crippen LogP) is 2.57. The van der Waals surface area contributed by atoms with Crippen molar-refractivity contribution in [3.63, 3.8) is 0 Å². The number of nitrogens with one attached hydrogen (secondary N) is 2. The van der Waals surface area contributed by atoms with E-state index in [0.717, 1.165) is 40.3 Å². The summed E-state index contributed by atoms with van der Waals surface area (Å²) in [6.07, 6.45) is 3.73. The monoisotopic (exact) mass is 387 g/mol. The molecule has 7 heteroatoms. The number of H-pyrrole nitrogens is 1. The van der Waals surface area contributed by atoms with Gasteiger partial charge in [0.25, 0.3) is 0 Å². The van der Waals surface area contributed by atoms with Crippen molar-refractivity contribution < 1.29 is 9.53 Å². The standard InChI is InChI=1S/C22H21N5O2/c1-3-20(28)27-10-9-17(13-27)26-22-19-12-16(25-21(19)23-14-24-22)8-7-15-5-4-6-18(11-15)29-2/h3-6,11-12,14,17H,1,9-10,13H2,2H3,(H2,23,24,25,26). The number of amides is 1. The Morgan fingerprint density at radius 1 is 1.38 bits per heavy atom. The van der Waals surface area contributed by atoms with Crippen molar-refractivity contribution in [1.29, 1.82) is 0 Å². The SMILES string of the molecule is C=CC(=O)N1CCC(Nc2ncnc3[nH]c(C#Cc4cccc(OC)c4)cc23)C1. The van der Waals surface area contributed by atoms with Gasteiger partial charge in [0.2, 0.25) is 5.91 Å². The van der Waals surface area contributed by atoms with Crippen LogP contribution in [0.15, 0.2) is 49.3 Å². The topological polar surface area (TPSA) is 83.1 Å². The zero-order valence-electron chi connectivity index (χ0n) is 16.1. The molecule has 2 N–H and O–H groups in total. The average molecular weight is 387 g/mol. The van der Waals surface area contributed by atoms with Crippen LogP contribution >= 0.6 is 0 Å². The van der Waals surface area contributed by atoms with Gasteiger partial charge in [0.15, 0.2) is 0 Å². The molecule has 1 atom stereocenters. The van der Waals surface area contributed by atoms with Crippen molar-refractivity contribution in [2.75, 3.05) is 25.5 Å². The third kappa shape index (κ3) is 4.06. The number of fused-ring (bicyclic) bond motifs is 1. The maximum Gasteiger partial charge on any atom is 0.246 e. The summed E-state index contributed by atoms with van der Waals surface area (Å²) in [7, 11) is 1.63. The number of rotatable bonds is 4. The molecule has 4 rings (SSSR count). The molecule has 7 nitrogen and oxygen atoms in total. The minimum Gasteiger partial charge on any atom is -0.497 e. The molecular formula is C22H21N5O2. The Kier molecular flexibility index (Phi) is 5.16. The van der Waals surface area contributed by atoms with Crippen molar-refractivity contribution in [2.24, 2.45) is 0 Å². The van der Waals surface area contributed by atoms with E-state index in [1.807, 2.05) is 30.3 Å². The van der Waals surface area contributed by atoms with Crippen LogP contribution in [0, 0.1) is 11.8 Å². The van der Waals surface area contributed by atoms with E-state index >= 15 is 0 Å². The highest BCUT2D eigenvalue weighted by Crippen LogP contribution is 2.23. The largest absolute Gasteiger partial charge is 0.497 e. The van der Waals surface area contributed by atoms with Crippen molar-refractivity contribution in [3.05, 3.63) is 60.6 Å². The minimum atomic E-state index is -0.0427. The van der Waals surface area contributed by atoms with Crippen molar-refractivity contribution in [3.8, 4) is 17.6 Å². The molecule has 2 aromatic heterocycles. The van der Waals surface area contributed by atoms with E-state index in [1.54, 1.807) is 12.0 Å². The van der Waals surface area contributed by atoms with Crippen LogP contribution in [-0.4, -0.2) is 52.0 Å². The molecular weight excluding hydrogens is 366 g/mol. The van der Waals surface area contributed by atoms with E-state index in [-0.39, 0.29) is 11.9 Å². The van der Waals surface area contributed by atoms with Crippen LogP contribution in [0.1, 0.15) is 17.7 Å². The summed E-state index contributed by atoms with van der Waals surface area (Å²) in [4.78, 5) is 25.5. The predicted molar refractivity (Wildman–Crippen MR) is 112 cm³/mol. The second-order valence-corrected chi connectivity index (χ2v) is 6.77. The number of nitrogens with zero attached hydrogens (tertiary/aromatic N) is 3. The van der Waals surface area contributed by atoms with Gasteiger partial charge in [0.1, 0.15) is 23.5 Å². The van der Waals surface area contributed by atoms with Gasteiger partial charge >= 0.3 is 0 Å². The van der Waals surface area contributed by atoms with Crippen LogP contribution in [0.25, 0.3) is 11.0 Å². The highest BCUT2D eigenvalue weighted by atomic mass is 16.5. The zero-order valence-corrected chi connectivity index (χ0v) is 16.1. The second-order valence-electron chi connectivity index (χ2n) is 6.77. The molecule has 0 radical (unpaired) electrons. The highest BCUT2D eigenvalue weighted by Gasteiger charge is 2.25. The molecule has 1 unspecified atom stereocenters. The smallest absolute Gasteiger partial charge is 0.246 e. The van der Waals surface area contributed by atoms with Crippen molar-refractivity contribution in [2.45, 2.75) is 12.5 Å². The maximum absolute atomic E-state index is 11.8. The molecule has 3 heterocycles. The van der Waals surface area contributed by atoms with Crippen LogP contribution in [-0.2, 0) is 4.79 Å². The Labute approximate surface area is 168 Å². The number of methoxy groups -OCH3 is 1. The lowest BCUT2D eigenvalue weighted by atomic mass is 10.2. The van der Waals surface area contributed by atoms with Gasteiger partial charge in [-0.3, -0.25) is 4.79 Å². The molecule has 1 saturated heterocycles. The molecule has 1 fully saturated rings. The third-order valence-electron chi connectivity index (χ3n) is 4.85. The number of aromatic nitrogens is 3. The fraction of sp³-hybridized carbons (Fsp3) is 0.227. The van der Waals surface area contributed by atoms with Gasteiger partial charge in [-0.25, -0.2) is 9.97 Å². The molecule has 1 aromatic carbocycles. The Balaban J connectivity index is 1.54. The molecule has 146 valence electrons. The second kappa shape index (κ2) is 8.07. The summed E-state index contributed by atoms with van der Waals surface area (Å²) in [6, 6.07) is 9.68. The summed E-state index contributed by atoms with van der Waals surface area (Å²) >= 11 is 0. The first-order valence-electron chi connectivity index (χ1n) is 9.34. The van der Waals surface area contributed by atoms with Crippen molar-refractivity contribution >= 4 is 22.8 Å². The van der Waals surface area contributed by atoms with Gasteiger partial charge in [-0.05, 0) is 42.7 Å². The molecule has 1 amide bonds. The zero-order chi connectivity index (χ0) is 20.2. The molecule has 3 aromatic rings. The molecule has 29 heavy (non-hydrogen) atoms. The number of hydrogen-bond donors (Lipinski definition) is 2. The normalized spacial score (nSPS) is 15.6. The van der Waals surface area contributed by atoms with Gasteiger partial charge in [0.05, 0.1) is 18.2 Å². The minimum absolute atomic E-state index is 0.0427. The van der Waals surface area contributed by atoms with E-state index < -0.39 is 0 Å². The molecule has 1 aliphatic heterocycles. The number of hydrogen-bond acceptors (Lipinski definition) is 5. The number of benzene rings is 1. The highest BCUT2D eigenvalue weighted by molar-refractivity contribution is 5.89. The maximum atomic E-state index is 11.8. The van der Waals surface area contributed by atoms with Crippen molar-refractivity contribution in [1.82, 2.24) is 19.9 Å². The van der Waals surface area contributed by atoms with Crippen LogP contribution in [0.2, 0.25) is 0 Å². The number of anilines is 1. The third-order valence-corrected chi connectivity index (χ3v) is 4.85. The molecule has 1 aliphatic rings. The Hall–Kier alpha value is -3.79. The number of aromatic amines is 1. The van der Waals surface area contributed by atoms with E-state index in [2.05, 4.69) is 38.7 Å². The summed E-state index contributed by atoms with van der Waals surface area (Å²) < 4.78 is 5.23. The molecule has 0 spiro atoms. The fourth-order valence-corrected chi connectivity index (χ4v) is 3.36. The van der Waals surface area contributed by atoms with E-state index in [0.29, 0.717) is 13.1 Å². The van der Waals surface area contributed by atoms with Gasteiger partial charge in [-0.2, -0.15) is 0 Å². The first kappa shape index (κ1) is 18.6. The van der Waals surface area contributed by atoms with Gasteiger partial charge in [-0.1, -0.05) is 18.6 Å². The van der Waals surface area contributed by atoms with Crippen LogP contribution in [0.4, 0.5) is 5.82 Å². The molecule has 0 aliphatic carbocycles. The first-order chi connectivity index (χ1) is 14.2. The quantitative estimate of drug-likeness (QED) is 0.531. The Morgan fingerprint density at radius 2 is 2.28 bits per heavy atom. The molecule has 0 saturated carbocycles. The average Bonchev–Trinajstić information content (AvgIpc) is 3.39. The number of carbonyl (C=O) groups is 1. The summed E-state index contributed by atoms with van der Waals surface area (Å²) in [6.45, 7) is 4.89. The van der Waals surface area contributed by atoms with Gasteiger partial charge < -0.3 is 19.9 Å². The summed E-state index contributed by atoms with van der Waals surface area (Å²) in [5, 5.41) is 4.30. The van der Waals surface area contributed by atoms with Crippen LogP contribution < -0.4 is 10.1 Å². The fourth-order valence-electron chi connectivity index (χ4n) is 3.36. The van der Waals surface area contributed by atoms with E-state index in [4.69, 9.17) is 4.74 Å². The van der Waals surface area contributed by atoms with Crippen LogP contribution in [0.3, 0.4) is 0 Å². The summed E-state index contributed by atoms with van der Waals surface area (Å²) in [5.41, 5.74) is 2.33. The lowest BCUT2D eigenvalue weighted by Crippen LogP contribution is -2.30. The van der Waals surface area contributed by atoms with Gasteiger partial charge in [0, 0.05) is 24.7 Å². The number of likely N-dealkylation sites (tertiary alicyclic amines) is 1. The Bertz CT molecular complexity index is 1120. The molecule has 0 bridgehead atoms. The lowest BCUT2D eigenvalue weighted by molar-refractivity contribution is -0.125. The lowest BCUT2D eigenvalue weighted by Gasteiger charge is -2.15. The summed E-state index contributed by atoms with van der Waals surface area (Å²) in [5.74, 6) is 7.72. The van der Waals surface area contributed by atoms with E-state index in [1.165, 1.54) is 12.4 Å².